The molecule has 3 heterocycles. The number of nitrogens with one attached hydrogen (secondary N) is 1. The Morgan fingerprint density at radius 2 is 2.05 bits per heavy atom. The summed E-state index contributed by atoms with van der Waals surface area (Å²) in [7, 11) is 0. The lowest BCUT2D eigenvalue weighted by Crippen LogP contribution is -2.44. The van der Waals surface area contributed by atoms with Gasteiger partial charge in [0.25, 0.3) is 0 Å². The quantitative estimate of drug-likeness (QED) is 0.896. The van der Waals surface area contributed by atoms with Crippen molar-refractivity contribution in [3.63, 3.8) is 0 Å². The number of piperazine rings is 1. The van der Waals surface area contributed by atoms with Crippen molar-refractivity contribution in [2.24, 2.45) is 0 Å². The Hall–Kier alpha value is -2.02. The first-order valence-electron chi connectivity index (χ1n) is 6.87. The molecule has 106 valence electrons. The second kappa shape index (κ2) is 5.54. The first-order valence-corrected chi connectivity index (χ1v) is 6.87. The lowest BCUT2D eigenvalue weighted by Gasteiger charge is -2.27. The number of aromatic nitrogens is 4. The largest absolute Gasteiger partial charge is 0.339 e. The van der Waals surface area contributed by atoms with Crippen LogP contribution in [-0.4, -0.2) is 46.3 Å². The van der Waals surface area contributed by atoms with Crippen LogP contribution in [0, 0.1) is 0 Å². The summed E-state index contributed by atoms with van der Waals surface area (Å²) >= 11 is 0. The molecule has 0 spiro atoms. The molecule has 0 atom stereocenters. The van der Waals surface area contributed by atoms with Crippen molar-refractivity contribution in [2.75, 3.05) is 31.1 Å². The van der Waals surface area contributed by atoms with Gasteiger partial charge in [-0.1, -0.05) is 19.0 Å². The molecule has 0 amide bonds. The maximum absolute atomic E-state index is 5.22. The molecule has 7 heteroatoms. The van der Waals surface area contributed by atoms with Crippen molar-refractivity contribution in [1.29, 1.82) is 0 Å². The molecule has 1 saturated heterocycles. The molecular formula is C13H18N6O. The van der Waals surface area contributed by atoms with Crippen molar-refractivity contribution in [3.05, 3.63) is 18.2 Å². The number of hydrogen-bond acceptors (Lipinski definition) is 7. The van der Waals surface area contributed by atoms with Crippen LogP contribution in [0.5, 0.6) is 0 Å². The van der Waals surface area contributed by atoms with Gasteiger partial charge in [-0.25, -0.2) is 9.97 Å². The van der Waals surface area contributed by atoms with E-state index in [-0.39, 0.29) is 5.92 Å². The third-order valence-corrected chi connectivity index (χ3v) is 3.21. The maximum atomic E-state index is 5.22. The lowest BCUT2D eigenvalue weighted by molar-refractivity contribution is 0.365. The van der Waals surface area contributed by atoms with Crippen molar-refractivity contribution >= 4 is 5.95 Å². The third kappa shape index (κ3) is 2.62. The Morgan fingerprint density at radius 1 is 1.25 bits per heavy atom. The van der Waals surface area contributed by atoms with Crippen molar-refractivity contribution < 1.29 is 4.52 Å². The molecule has 0 radical (unpaired) electrons. The van der Waals surface area contributed by atoms with Gasteiger partial charge in [0.1, 0.15) is 5.69 Å². The van der Waals surface area contributed by atoms with E-state index in [1.54, 1.807) is 12.3 Å². The summed E-state index contributed by atoms with van der Waals surface area (Å²) in [5.41, 5.74) is 0.698. The Morgan fingerprint density at radius 3 is 2.75 bits per heavy atom. The first-order chi connectivity index (χ1) is 9.74. The van der Waals surface area contributed by atoms with E-state index in [1.807, 2.05) is 13.8 Å². The topological polar surface area (TPSA) is 80.0 Å². The SMILES string of the molecule is CC(C)c1nc(-c2ccnc(N3CCNCC3)n2)no1. The van der Waals surface area contributed by atoms with E-state index in [0.29, 0.717) is 17.4 Å². The molecule has 0 aromatic carbocycles. The van der Waals surface area contributed by atoms with Gasteiger partial charge in [-0.05, 0) is 6.07 Å². The van der Waals surface area contributed by atoms with Crippen LogP contribution in [0.3, 0.4) is 0 Å². The van der Waals surface area contributed by atoms with Crippen LogP contribution in [0.4, 0.5) is 5.95 Å². The van der Waals surface area contributed by atoms with E-state index in [4.69, 9.17) is 4.52 Å². The fourth-order valence-electron chi connectivity index (χ4n) is 2.06. The van der Waals surface area contributed by atoms with Crippen LogP contribution in [0.25, 0.3) is 11.5 Å². The van der Waals surface area contributed by atoms with Gasteiger partial charge < -0.3 is 14.7 Å². The minimum absolute atomic E-state index is 0.214. The van der Waals surface area contributed by atoms with E-state index >= 15 is 0 Å². The van der Waals surface area contributed by atoms with Gasteiger partial charge in [-0.2, -0.15) is 4.98 Å². The van der Waals surface area contributed by atoms with Crippen LogP contribution >= 0.6 is 0 Å². The molecule has 0 unspecified atom stereocenters. The summed E-state index contributed by atoms with van der Waals surface area (Å²) in [6.07, 6.45) is 1.74. The summed E-state index contributed by atoms with van der Waals surface area (Å²) in [4.78, 5) is 15.4. The fourth-order valence-corrected chi connectivity index (χ4v) is 2.06. The molecule has 0 aliphatic carbocycles. The van der Waals surface area contributed by atoms with E-state index in [9.17, 15) is 0 Å². The van der Waals surface area contributed by atoms with Gasteiger partial charge in [0.15, 0.2) is 0 Å². The van der Waals surface area contributed by atoms with Crippen LogP contribution in [0.1, 0.15) is 25.7 Å². The average Bonchev–Trinajstić information content (AvgIpc) is 2.98. The Bertz CT molecular complexity index is 576. The molecular weight excluding hydrogens is 256 g/mol. The lowest BCUT2D eigenvalue weighted by atomic mass is 10.2. The molecule has 2 aromatic heterocycles. The summed E-state index contributed by atoms with van der Waals surface area (Å²) in [5.74, 6) is 2.08. The third-order valence-electron chi connectivity index (χ3n) is 3.21. The minimum Gasteiger partial charge on any atom is -0.339 e. The normalized spacial score (nSPS) is 15.8. The van der Waals surface area contributed by atoms with Crippen molar-refractivity contribution in [2.45, 2.75) is 19.8 Å². The number of hydrogen-bond donors (Lipinski definition) is 1. The zero-order valence-corrected chi connectivity index (χ0v) is 11.7. The molecule has 20 heavy (non-hydrogen) atoms. The summed E-state index contributed by atoms with van der Waals surface area (Å²) in [6.45, 7) is 7.76. The molecule has 3 rings (SSSR count). The number of anilines is 1. The maximum Gasteiger partial charge on any atom is 0.229 e. The summed E-state index contributed by atoms with van der Waals surface area (Å²) in [6, 6.07) is 1.81. The molecule has 7 nitrogen and oxygen atoms in total. The molecule has 1 N–H and O–H groups in total. The van der Waals surface area contributed by atoms with Gasteiger partial charge in [0, 0.05) is 38.3 Å². The van der Waals surface area contributed by atoms with E-state index in [2.05, 4.69) is 30.3 Å². The molecule has 0 saturated carbocycles. The Kier molecular flexibility index (Phi) is 3.60. The van der Waals surface area contributed by atoms with Gasteiger partial charge >= 0.3 is 0 Å². The summed E-state index contributed by atoms with van der Waals surface area (Å²) in [5, 5.41) is 7.30. The molecule has 1 fully saturated rings. The smallest absolute Gasteiger partial charge is 0.229 e. The first kappa shape index (κ1) is 13.0. The molecule has 2 aromatic rings. The monoisotopic (exact) mass is 274 g/mol. The molecule has 0 bridgehead atoms. The standard InChI is InChI=1S/C13H18N6O/c1-9(2)12-17-11(18-20-12)10-3-4-15-13(16-10)19-7-5-14-6-8-19/h3-4,9,14H,5-8H2,1-2H3. The second-order valence-corrected chi connectivity index (χ2v) is 5.09. The van der Waals surface area contributed by atoms with Gasteiger partial charge in [-0.3, -0.25) is 0 Å². The number of nitrogens with zero attached hydrogens (tertiary/aromatic N) is 5. The predicted molar refractivity (Wildman–Crippen MR) is 74.5 cm³/mol. The van der Waals surface area contributed by atoms with E-state index in [0.717, 1.165) is 32.1 Å². The second-order valence-electron chi connectivity index (χ2n) is 5.09. The predicted octanol–water partition coefficient (Wildman–Crippen LogP) is 1.06. The van der Waals surface area contributed by atoms with Crippen LogP contribution in [-0.2, 0) is 0 Å². The zero-order valence-electron chi connectivity index (χ0n) is 11.7. The van der Waals surface area contributed by atoms with Gasteiger partial charge in [-0.15, -0.1) is 0 Å². The van der Waals surface area contributed by atoms with Gasteiger partial charge in [0.2, 0.25) is 17.7 Å². The van der Waals surface area contributed by atoms with Gasteiger partial charge in [0.05, 0.1) is 0 Å². The Balaban J connectivity index is 1.86. The minimum atomic E-state index is 0.214. The molecule has 1 aliphatic heterocycles. The Labute approximate surface area is 117 Å². The highest BCUT2D eigenvalue weighted by Gasteiger charge is 2.16. The summed E-state index contributed by atoms with van der Waals surface area (Å²) < 4.78 is 5.22. The van der Waals surface area contributed by atoms with E-state index < -0.39 is 0 Å². The highest BCUT2D eigenvalue weighted by molar-refractivity contribution is 5.50. The van der Waals surface area contributed by atoms with E-state index in [1.165, 1.54) is 0 Å². The fraction of sp³-hybridized carbons (Fsp3) is 0.538. The van der Waals surface area contributed by atoms with Crippen molar-refractivity contribution in [3.8, 4) is 11.5 Å². The van der Waals surface area contributed by atoms with Crippen molar-refractivity contribution in [1.82, 2.24) is 25.4 Å². The highest BCUT2D eigenvalue weighted by atomic mass is 16.5. The number of rotatable bonds is 3. The van der Waals surface area contributed by atoms with Crippen LogP contribution in [0.15, 0.2) is 16.8 Å². The van der Waals surface area contributed by atoms with Crippen LogP contribution in [0.2, 0.25) is 0 Å². The van der Waals surface area contributed by atoms with Crippen LogP contribution < -0.4 is 10.2 Å². The zero-order chi connectivity index (χ0) is 13.9. The average molecular weight is 274 g/mol. The molecule has 1 aliphatic rings. The highest BCUT2D eigenvalue weighted by Crippen LogP contribution is 2.19.